The van der Waals surface area contributed by atoms with E-state index < -0.39 is 29.3 Å². The van der Waals surface area contributed by atoms with Gasteiger partial charge in [0.15, 0.2) is 0 Å². The van der Waals surface area contributed by atoms with Gasteiger partial charge in [0.2, 0.25) is 0 Å². The minimum Gasteiger partial charge on any atom is -0.508 e. The maximum Gasteiger partial charge on any atom is 0.300 e. The molecular weight excluding hydrogens is 437 g/mol. The van der Waals surface area contributed by atoms with E-state index in [2.05, 4.69) is 0 Å². The van der Waals surface area contributed by atoms with Crippen LogP contribution in [0, 0.1) is 5.82 Å². The van der Waals surface area contributed by atoms with Gasteiger partial charge >= 0.3 is 0 Å². The van der Waals surface area contributed by atoms with Crippen molar-refractivity contribution >= 4 is 34.7 Å². The summed E-state index contributed by atoms with van der Waals surface area (Å²) in [6.45, 7) is 0. The number of aliphatic hydroxyl groups is 1. The first kappa shape index (κ1) is 21.4. The number of carbonyl (C=O) groups excluding carboxylic acids is 2. The molecule has 6 nitrogen and oxygen atoms in total. The number of phenolic OH excluding ortho intramolecular Hbond substituents is 1. The van der Waals surface area contributed by atoms with Crippen molar-refractivity contribution in [2.75, 3.05) is 12.0 Å². The molecule has 0 spiro atoms. The quantitative estimate of drug-likeness (QED) is 0.336. The number of ketones is 1. The minimum atomic E-state index is -1.08. The zero-order chi connectivity index (χ0) is 23.0. The summed E-state index contributed by atoms with van der Waals surface area (Å²) in [5.74, 6) is -2.74. The highest BCUT2D eigenvalue weighted by Crippen LogP contribution is 2.43. The summed E-state index contributed by atoms with van der Waals surface area (Å²) in [5, 5.41) is 21.1. The van der Waals surface area contributed by atoms with Crippen molar-refractivity contribution in [1.82, 2.24) is 0 Å². The van der Waals surface area contributed by atoms with Crippen molar-refractivity contribution in [2.45, 2.75) is 6.04 Å². The number of aliphatic hydroxyl groups excluding tert-OH is 1. The molecular formula is C24H17ClFNO5. The normalized spacial score (nSPS) is 17.6. The van der Waals surface area contributed by atoms with Gasteiger partial charge in [-0.2, -0.15) is 0 Å². The van der Waals surface area contributed by atoms with E-state index in [1.807, 2.05) is 0 Å². The third-order valence-corrected chi connectivity index (χ3v) is 5.39. The first-order chi connectivity index (χ1) is 15.3. The summed E-state index contributed by atoms with van der Waals surface area (Å²) in [6, 6.07) is 14.5. The van der Waals surface area contributed by atoms with Gasteiger partial charge in [-0.05, 0) is 54.1 Å². The molecule has 162 valence electrons. The maximum atomic E-state index is 13.9. The van der Waals surface area contributed by atoms with Crippen LogP contribution in [0.15, 0.2) is 72.3 Å². The molecule has 1 amide bonds. The SMILES string of the molecule is COc1ccc(Cl)cc1/C(O)=C1\C(=O)C(=O)N(c2cccc(F)c2)C1c1ccc(O)cc1. The van der Waals surface area contributed by atoms with Crippen molar-refractivity contribution in [1.29, 1.82) is 0 Å². The second-order valence-corrected chi connectivity index (χ2v) is 7.52. The number of benzene rings is 3. The van der Waals surface area contributed by atoms with Gasteiger partial charge in [-0.1, -0.05) is 29.8 Å². The van der Waals surface area contributed by atoms with E-state index in [9.17, 15) is 24.2 Å². The van der Waals surface area contributed by atoms with Gasteiger partial charge in [-0.15, -0.1) is 0 Å². The van der Waals surface area contributed by atoms with E-state index in [0.717, 1.165) is 11.0 Å². The summed E-state index contributed by atoms with van der Waals surface area (Å²) < 4.78 is 19.2. The number of halogens is 2. The molecule has 1 fully saturated rings. The lowest BCUT2D eigenvalue weighted by molar-refractivity contribution is -0.132. The van der Waals surface area contributed by atoms with Gasteiger partial charge in [0.25, 0.3) is 11.7 Å². The Hall–Kier alpha value is -3.84. The molecule has 0 bridgehead atoms. The number of carbonyl (C=O) groups is 2. The number of ether oxygens (including phenoxy) is 1. The molecule has 3 aromatic rings. The van der Waals surface area contributed by atoms with Crippen LogP contribution in [0.3, 0.4) is 0 Å². The van der Waals surface area contributed by atoms with Gasteiger partial charge in [-0.25, -0.2) is 4.39 Å². The first-order valence-corrected chi connectivity index (χ1v) is 9.89. The molecule has 0 radical (unpaired) electrons. The Balaban J connectivity index is 1.99. The monoisotopic (exact) mass is 453 g/mol. The third kappa shape index (κ3) is 3.67. The van der Waals surface area contributed by atoms with Crippen molar-refractivity contribution < 1.29 is 28.9 Å². The van der Waals surface area contributed by atoms with Crippen LogP contribution in [-0.4, -0.2) is 29.0 Å². The van der Waals surface area contributed by atoms with Gasteiger partial charge in [0.05, 0.1) is 24.3 Å². The number of anilines is 1. The molecule has 8 heteroatoms. The Bertz CT molecular complexity index is 1260. The maximum absolute atomic E-state index is 13.9. The van der Waals surface area contributed by atoms with Crippen molar-refractivity contribution in [3.63, 3.8) is 0 Å². The zero-order valence-electron chi connectivity index (χ0n) is 16.8. The number of Topliss-reactive ketones (excluding diaryl/α,β-unsaturated/α-hetero) is 1. The van der Waals surface area contributed by atoms with E-state index in [-0.39, 0.29) is 33.3 Å². The molecule has 1 unspecified atom stereocenters. The summed E-state index contributed by atoms with van der Waals surface area (Å²) in [4.78, 5) is 27.2. The average Bonchev–Trinajstić information content (AvgIpc) is 3.04. The second-order valence-electron chi connectivity index (χ2n) is 7.09. The Kier molecular flexibility index (Phi) is 5.59. The Morgan fingerprint density at radius 3 is 2.44 bits per heavy atom. The Morgan fingerprint density at radius 1 is 1.06 bits per heavy atom. The minimum absolute atomic E-state index is 0.0204. The van der Waals surface area contributed by atoms with E-state index in [4.69, 9.17) is 16.3 Å². The molecule has 0 aromatic heterocycles. The molecule has 1 heterocycles. The molecule has 32 heavy (non-hydrogen) atoms. The smallest absolute Gasteiger partial charge is 0.300 e. The number of nitrogens with zero attached hydrogens (tertiary/aromatic N) is 1. The molecule has 1 atom stereocenters. The fourth-order valence-electron chi connectivity index (χ4n) is 3.71. The zero-order valence-corrected chi connectivity index (χ0v) is 17.5. The molecule has 2 N–H and O–H groups in total. The molecule has 1 saturated heterocycles. The predicted molar refractivity (Wildman–Crippen MR) is 117 cm³/mol. The predicted octanol–water partition coefficient (Wildman–Crippen LogP) is 4.82. The van der Waals surface area contributed by atoms with E-state index in [1.165, 1.54) is 61.7 Å². The fourth-order valence-corrected chi connectivity index (χ4v) is 3.88. The highest BCUT2D eigenvalue weighted by molar-refractivity contribution is 6.51. The molecule has 0 aliphatic carbocycles. The van der Waals surface area contributed by atoms with Gasteiger partial charge in [0, 0.05) is 10.7 Å². The van der Waals surface area contributed by atoms with Gasteiger partial charge in [0.1, 0.15) is 23.1 Å². The summed E-state index contributed by atoms with van der Waals surface area (Å²) in [5.41, 5.74) is 0.475. The fraction of sp³-hybridized carbons (Fsp3) is 0.0833. The molecule has 1 aliphatic rings. The number of rotatable bonds is 4. The molecule has 0 saturated carbocycles. The number of phenols is 1. The van der Waals surface area contributed by atoms with Crippen molar-refractivity contribution in [3.8, 4) is 11.5 Å². The first-order valence-electron chi connectivity index (χ1n) is 9.51. The van der Waals surface area contributed by atoms with Crippen LogP contribution in [-0.2, 0) is 9.59 Å². The summed E-state index contributed by atoms with van der Waals surface area (Å²) in [6.07, 6.45) is 0. The van der Waals surface area contributed by atoms with E-state index in [1.54, 1.807) is 6.07 Å². The largest absolute Gasteiger partial charge is 0.508 e. The summed E-state index contributed by atoms with van der Waals surface area (Å²) >= 11 is 6.08. The lowest BCUT2D eigenvalue weighted by atomic mass is 9.94. The van der Waals surface area contributed by atoms with Crippen molar-refractivity contribution in [2.24, 2.45) is 0 Å². The summed E-state index contributed by atoms with van der Waals surface area (Å²) in [7, 11) is 1.39. The van der Waals surface area contributed by atoms with Crippen LogP contribution in [0.5, 0.6) is 11.5 Å². The van der Waals surface area contributed by atoms with Gasteiger partial charge < -0.3 is 14.9 Å². The van der Waals surface area contributed by atoms with E-state index in [0.29, 0.717) is 5.56 Å². The van der Waals surface area contributed by atoms with Gasteiger partial charge in [-0.3, -0.25) is 14.5 Å². The number of amides is 1. The molecule has 4 rings (SSSR count). The topological polar surface area (TPSA) is 87.1 Å². The Morgan fingerprint density at radius 2 is 1.78 bits per heavy atom. The van der Waals surface area contributed by atoms with Crippen LogP contribution in [0.2, 0.25) is 5.02 Å². The highest BCUT2D eigenvalue weighted by Gasteiger charge is 2.47. The number of hydrogen-bond acceptors (Lipinski definition) is 5. The van der Waals surface area contributed by atoms with Crippen molar-refractivity contribution in [3.05, 3.63) is 94.3 Å². The lowest BCUT2D eigenvalue weighted by Crippen LogP contribution is -2.29. The highest BCUT2D eigenvalue weighted by atomic mass is 35.5. The number of aromatic hydroxyl groups is 1. The molecule has 1 aliphatic heterocycles. The standard InChI is InChI=1S/C24H17ClFNO5/c1-32-19-10-7-14(25)11-18(19)22(29)20-21(13-5-8-17(28)9-6-13)27(24(31)23(20)30)16-4-2-3-15(26)12-16/h2-12,21,28-29H,1H3/b22-20+. The van der Waals surface area contributed by atoms with Crippen LogP contribution < -0.4 is 9.64 Å². The van der Waals surface area contributed by atoms with Crippen LogP contribution >= 0.6 is 11.6 Å². The van der Waals surface area contributed by atoms with Crippen LogP contribution in [0.4, 0.5) is 10.1 Å². The third-order valence-electron chi connectivity index (χ3n) is 5.16. The Labute approximate surface area is 187 Å². The second kappa shape index (κ2) is 8.36. The molecule has 3 aromatic carbocycles. The average molecular weight is 454 g/mol. The van der Waals surface area contributed by atoms with Crippen LogP contribution in [0.1, 0.15) is 17.2 Å². The van der Waals surface area contributed by atoms with Crippen LogP contribution in [0.25, 0.3) is 5.76 Å². The number of hydrogen-bond donors (Lipinski definition) is 2. The van der Waals surface area contributed by atoms with E-state index >= 15 is 0 Å². The number of methoxy groups -OCH3 is 1. The lowest BCUT2D eigenvalue weighted by Gasteiger charge is -2.25.